The van der Waals surface area contributed by atoms with Crippen LogP contribution >= 0.6 is 15.9 Å². The molecular weight excluding hydrogens is 714 g/mol. The van der Waals surface area contributed by atoms with Crippen LogP contribution in [-0.4, -0.2) is 107 Å². The summed E-state index contributed by atoms with van der Waals surface area (Å²) in [6.07, 6.45) is 11.9. The highest BCUT2D eigenvalue weighted by atomic mass is 79.9. The van der Waals surface area contributed by atoms with E-state index in [0.29, 0.717) is 16.7 Å². The number of nitriles is 1. The van der Waals surface area contributed by atoms with Crippen molar-refractivity contribution in [3.63, 3.8) is 0 Å². The number of likely N-dealkylation sites (tertiary alicyclic amines) is 2. The number of aromatic nitrogens is 2. The van der Waals surface area contributed by atoms with Gasteiger partial charge in [-0.1, -0.05) is 83.2 Å². The van der Waals surface area contributed by atoms with E-state index in [0.717, 1.165) is 50.6 Å². The average Bonchev–Trinajstić information content (AvgIpc) is 3.18. The van der Waals surface area contributed by atoms with Crippen LogP contribution in [0.3, 0.4) is 0 Å². The number of likely N-dealkylation sites (N-methyl/N-ethyl adjacent to an activating group) is 1. The molecule has 0 unspecified atom stereocenters. The molecule has 290 valence electrons. The molecule has 3 fully saturated rings. The van der Waals surface area contributed by atoms with E-state index < -0.39 is 0 Å². The van der Waals surface area contributed by atoms with E-state index in [1.54, 1.807) is 5.01 Å². The summed E-state index contributed by atoms with van der Waals surface area (Å²) in [5, 5.41) is 10.7. The average molecular weight is 783 g/mol. The Bertz CT molecular complexity index is 1320. The standard InChI is InChI=1S/C18H29N3.C14H17BrN6O.C5H10.2C2H6/c1-16-3-5-17(6-4-16)15-20-9-7-18(8-10-20)21-13-11-19(2)12-14-21;1-10(2)20-5-3-11(4-6-20)21(18-9-22)14-12(15)8-17-13(7-16)19-14;1-3-5-4-2;2*1-2/h3-6,18H,7-15H2,1-2H3;8-9,11H,1,3-6H2,2H3,(H,18,22);3,5H,4H2,1-2H3;2*1-2H3/b;;5-3+;;. The predicted octanol–water partition coefficient (Wildman–Crippen LogP) is 7.81. The third-order valence-corrected chi connectivity index (χ3v) is 9.78. The summed E-state index contributed by atoms with van der Waals surface area (Å²) in [4.78, 5) is 29.1. The van der Waals surface area contributed by atoms with Gasteiger partial charge in [0.2, 0.25) is 12.2 Å². The summed E-state index contributed by atoms with van der Waals surface area (Å²) in [6, 6.07) is 11.8. The Hall–Kier alpha value is -3.30. The van der Waals surface area contributed by atoms with Gasteiger partial charge < -0.3 is 9.80 Å². The number of allylic oxidation sites excluding steroid dienone is 3. The lowest BCUT2D eigenvalue weighted by Gasteiger charge is -2.42. The highest BCUT2D eigenvalue weighted by Crippen LogP contribution is 2.27. The number of nitrogens with one attached hydrogen (secondary N) is 1. The molecule has 0 aliphatic carbocycles. The van der Waals surface area contributed by atoms with Gasteiger partial charge in [-0.25, -0.2) is 4.98 Å². The number of carbonyl (C=O) groups excluding carboxylic acids is 1. The second kappa shape index (κ2) is 27.3. The Morgan fingerprint density at radius 3 is 2.10 bits per heavy atom. The number of hydrazine groups is 1. The molecule has 11 heteroatoms. The molecule has 1 aromatic carbocycles. The van der Waals surface area contributed by atoms with E-state index >= 15 is 0 Å². The maximum atomic E-state index is 11.0. The zero-order valence-corrected chi connectivity index (χ0v) is 35.3. The fourth-order valence-corrected chi connectivity index (χ4v) is 6.68. The molecule has 2 aromatic rings. The van der Waals surface area contributed by atoms with E-state index in [1.807, 2.05) is 47.6 Å². The Labute approximate surface area is 325 Å². The molecular formula is C41H68BrN9O. The molecule has 4 heterocycles. The summed E-state index contributed by atoms with van der Waals surface area (Å²) in [7, 11) is 2.24. The summed E-state index contributed by atoms with van der Waals surface area (Å²) in [6.45, 7) is 30.6. The normalized spacial score (nSPS) is 17.1. The predicted molar refractivity (Wildman–Crippen MR) is 222 cm³/mol. The molecule has 3 aliphatic rings. The van der Waals surface area contributed by atoms with Gasteiger partial charge >= 0.3 is 0 Å². The topological polar surface area (TPSA) is 94.9 Å². The van der Waals surface area contributed by atoms with Crippen LogP contribution in [-0.2, 0) is 11.3 Å². The van der Waals surface area contributed by atoms with E-state index in [1.165, 1.54) is 69.4 Å². The first-order valence-corrected chi connectivity index (χ1v) is 20.1. The molecule has 0 atom stereocenters. The third-order valence-electron chi connectivity index (χ3n) is 9.22. The quantitative estimate of drug-likeness (QED) is 0.155. The van der Waals surface area contributed by atoms with Gasteiger partial charge in [0.1, 0.15) is 6.07 Å². The van der Waals surface area contributed by atoms with Gasteiger partial charge in [-0.3, -0.25) is 25.0 Å². The Balaban J connectivity index is 0.000000425. The van der Waals surface area contributed by atoms with Crippen molar-refractivity contribution in [2.24, 2.45) is 0 Å². The summed E-state index contributed by atoms with van der Waals surface area (Å²) < 4.78 is 0.628. The van der Waals surface area contributed by atoms with Crippen molar-refractivity contribution in [2.75, 3.05) is 64.4 Å². The molecule has 0 radical (unpaired) electrons. The first-order valence-electron chi connectivity index (χ1n) is 19.3. The van der Waals surface area contributed by atoms with Crippen LogP contribution in [0.25, 0.3) is 0 Å². The molecule has 52 heavy (non-hydrogen) atoms. The molecule has 1 aromatic heterocycles. The zero-order valence-electron chi connectivity index (χ0n) is 33.7. The molecule has 5 rings (SSSR count). The zero-order chi connectivity index (χ0) is 38.9. The number of nitrogens with zero attached hydrogens (tertiary/aromatic N) is 8. The Morgan fingerprint density at radius 1 is 1.02 bits per heavy atom. The van der Waals surface area contributed by atoms with Gasteiger partial charge in [0.25, 0.3) is 0 Å². The van der Waals surface area contributed by atoms with Gasteiger partial charge in [0.05, 0.1) is 10.5 Å². The molecule has 3 aliphatic heterocycles. The van der Waals surface area contributed by atoms with Crippen molar-refractivity contribution in [2.45, 2.75) is 106 Å². The van der Waals surface area contributed by atoms with Gasteiger partial charge in [-0.05, 0) is 94.5 Å². The lowest BCUT2D eigenvalue weighted by molar-refractivity contribution is -0.109. The molecule has 1 amide bonds. The first-order chi connectivity index (χ1) is 25.2. The van der Waals surface area contributed by atoms with Crippen LogP contribution in [0.1, 0.15) is 97.5 Å². The highest BCUT2D eigenvalue weighted by molar-refractivity contribution is 9.10. The van der Waals surface area contributed by atoms with Crippen molar-refractivity contribution < 1.29 is 4.79 Å². The number of hydrogen-bond acceptors (Lipinski definition) is 9. The molecule has 0 bridgehead atoms. The van der Waals surface area contributed by atoms with E-state index in [-0.39, 0.29) is 11.9 Å². The number of carbonyl (C=O) groups is 1. The van der Waals surface area contributed by atoms with Crippen LogP contribution in [0.5, 0.6) is 0 Å². The van der Waals surface area contributed by atoms with Crippen molar-refractivity contribution >= 4 is 28.2 Å². The number of anilines is 1. The molecule has 0 saturated carbocycles. The second-order valence-corrected chi connectivity index (χ2v) is 13.7. The number of piperazine rings is 1. The SMILES string of the molecule is C/C=C/CC.C=C(C)N1CCC(N(NC=O)c2nc(C#N)ncc2Br)CC1.CC.CC.Cc1ccc(CN2CCC(N3CCN(C)CC3)CC2)cc1. The molecule has 10 nitrogen and oxygen atoms in total. The van der Waals surface area contributed by atoms with Crippen LogP contribution in [0, 0.1) is 18.3 Å². The Morgan fingerprint density at radius 2 is 1.62 bits per heavy atom. The molecule has 0 spiro atoms. The third kappa shape index (κ3) is 16.6. The monoisotopic (exact) mass is 781 g/mol. The second-order valence-electron chi connectivity index (χ2n) is 12.9. The fraction of sp³-hybridized carbons (Fsp3) is 0.610. The van der Waals surface area contributed by atoms with E-state index in [4.69, 9.17) is 5.26 Å². The largest absolute Gasteiger partial charge is 0.375 e. The van der Waals surface area contributed by atoms with E-state index in [9.17, 15) is 4.79 Å². The lowest BCUT2D eigenvalue weighted by atomic mass is 10.0. The van der Waals surface area contributed by atoms with Crippen molar-refractivity contribution in [1.29, 1.82) is 5.26 Å². The van der Waals surface area contributed by atoms with Crippen molar-refractivity contribution in [3.05, 3.63) is 76.3 Å². The number of halogens is 1. The number of hydrogen-bond donors (Lipinski definition) is 1. The van der Waals surface area contributed by atoms with Gasteiger partial charge in [-0.2, -0.15) is 10.2 Å². The number of amides is 1. The summed E-state index contributed by atoms with van der Waals surface area (Å²) in [5.41, 5.74) is 6.54. The van der Waals surface area contributed by atoms with Gasteiger partial charge in [0.15, 0.2) is 5.82 Å². The van der Waals surface area contributed by atoms with Crippen LogP contribution in [0.4, 0.5) is 5.82 Å². The minimum atomic E-state index is 0.0651. The fourth-order valence-electron chi connectivity index (χ4n) is 6.30. The minimum Gasteiger partial charge on any atom is -0.375 e. The Kier molecular flexibility index (Phi) is 24.6. The number of piperidine rings is 2. The van der Waals surface area contributed by atoms with Crippen LogP contribution in [0.15, 0.2) is 59.4 Å². The van der Waals surface area contributed by atoms with Crippen LogP contribution < -0.4 is 10.4 Å². The summed E-state index contributed by atoms with van der Waals surface area (Å²) >= 11 is 3.38. The van der Waals surface area contributed by atoms with Gasteiger partial charge in [-0.15, -0.1) is 0 Å². The number of rotatable bonds is 9. The smallest absolute Gasteiger partial charge is 0.234 e. The minimum absolute atomic E-state index is 0.0651. The highest BCUT2D eigenvalue weighted by Gasteiger charge is 2.28. The maximum absolute atomic E-state index is 11.0. The summed E-state index contributed by atoms with van der Waals surface area (Å²) in [5.74, 6) is 0.558. The van der Waals surface area contributed by atoms with Crippen molar-refractivity contribution in [3.8, 4) is 6.07 Å². The van der Waals surface area contributed by atoms with E-state index in [2.05, 4.69) is 115 Å². The van der Waals surface area contributed by atoms with Crippen LogP contribution in [0.2, 0.25) is 0 Å². The maximum Gasteiger partial charge on any atom is 0.234 e. The van der Waals surface area contributed by atoms with Gasteiger partial charge in [0, 0.05) is 63.7 Å². The number of benzene rings is 1. The lowest BCUT2D eigenvalue weighted by Crippen LogP contribution is -2.52. The first kappa shape index (κ1) is 46.7. The molecule has 1 N–H and O–H groups in total. The number of aryl methyl sites for hydroxylation is 1. The molecule has 3 saturated heterocycles. The van der Waals surface area contributed by atoms with Crippen molar-refractivity contribution in [1.82, 2.24) is 35.0 Å².